The Balaban J connectivity index is 2.31. The number of rotatable bonds is 4. The molecule has 0 saturated carbocycles. The monoisotopic (exact) mass is 188 g/mol. The summed E-state index contributed by atoms with van der Waals surface area (Å²) in [6.07, 6.45) is 0.590. The molecule has 5 heteroatoms. The van der Waals surface area contributed by atoms with Gasteiger partial charge in [0.05, 0.1) is 13.2 Å². The number of nitrogens with zero attached hydrogens (tertiary/aromatic N) is 1. The predicted molar refractivity (Wildman–Crippen MR) is 47.2 cm³/mol. The highest BCUT2D eigenvalue weighted by atomic mass is 16.5. The molecule has 13 heavy (non-hydrogen) atoms. The average molecular weight is 188 g/mol. The topological polar surface area (TPSA) is 61.8 Å². The lowest BCUT2D eigenvalue weighted by molar-refractivity contribution is -0.142. The van der Waals surface area contributed by atoms with Gasteiger partial charge >= 0.3 is 5.97 Å². The van der Waals surface area contributed by atoms with Gasteiger partial charge in [0.1, 0.15) is 6.04 Å². The van der Waals surface area contributed by atoms with Crippen molar-refractivity contribution >= 4 is 5.97 Å². The van der Waals surface area contributed by atoms with Gasteiger partial charge < -0.3 is 9.84 Å². The van der Waals surface area contributed by atoms with Crippen molar-refractivity contribution in [3.63, 3.8) is 0 Å². The summed E-state index contributed by atoms with van der Waals surface area (Å²) in [5.41, 5.74) is 2.96. The van der Waals surface area contributed by atoms with E-state index in [1.54, 1.807) is 0 Å². The maximum absolute atomic E-state index is 10.7. The molecule has 0 aliphatic carbocycles. The van der Waals surface area contributed by atoms with Gasteiger partial charge in [-0.05, 0) is 6.42 Å². The van der Waals surface area contributed by atoms with E-state index in [4.69, 9.17) is 9.84 Å². The van der Waals surface area contributed by atoms with Crippen molar-refractivity contribution in [1.29, 1.82) is 0 Å². The Morgan fingerprint density at radius 3 is 2.69 bits per heavy atom. The van der Waals surface area contributed by atoms with E-state index in [1.165, 1.54) is 0 Å². The Hall–Kier alpha value is -0.650. The molecule has 0 amide bonds. The van der Waals surface area contributed by atoms with E-state index in [2.05, 4.69) is 5.43 Å². The van der Waals surface area contributed by atoms with Gasteiger partial charge in [0.2, 0.25) is 0 Å². The van der Waals surface area contributed by atoms with Crippen LogP contribution in [0.25, 0.3) is 0 Å². The molecule has 0 spiro atoms. The Morgan fingerprint density at radius 2 is 2.23 bits per heavy atom. The lowest BCUT2D eigenvalue weighted by Gasteiger charge is -2.29. The second-order valence-electron chi connectivity index (χ2n) is 3.03. The lowest BCUT2D eigenvalue weighted by atomic mass is 10.2. The maximum atomic E-state index is 10.7. The van der Waals surface area contributed by atoms with E-state index in [9.17, 15) is 4.79 Å². The Labute approximate surface area is 77.6 Å². The highest BCUT2D eigenvalue weighted by molar-refractivity contribution is 5.73. The highest BCUT2D eigenvalue weighted by Crippen LogP contribution is 1.97. The quantitative estimate of drug-likeness (QED) is 0.633. The van der Waals surface area contributed by atoms with Crippen molar-refractivity contribution in [2.75, 3.05) is 26.3 Å². The molecule has 0 aromatic carbocycles. The summed E-state index contributed by atoms with van der Waals surface area (Å²) < 4.78 is 5.15. The Bertz CT molecular complexity index is 169. The van der Waals surface area contributed by atoms with Crippen molar-refractivity contribution < 1.29 is 14.6 Å². The highest BCUT2D eigenvalue weighted by Gasteiger charge is 2.19. The van der Waals surface area contributed by atoms with Crippen molar-refractivity contribution in [2.24, 2.45) is 0 Å². The summed E-state index contributed by atoms with van der Waals surface area (Å²) in [5, 5.41) is 10.7. The number of carboxylic acids is 1. The van der Waals surface area contributed by atoms with Crippen LogP contribution in [0.4, 0.5) is 0 Å². The van der Waals surface area contributed by atoms with Crippen molar-refractivity contribution in [3.8, 4) is 0 Å². The fourth-order valence-corrected chi connectivity index (χ4v) is 1.23. The van der Waals surface area contributed by atoms with Gasteiger partial charge in [-0.15, -0.1) is 0 Å². The van der Waals surface area contributed by atoms with Crippen LogP contribution in [-0.2, 0) is 9.53 Å². The number of hydrogen-bond acceptors (Lipinski definition) is 4. The van der Waals surface area contributed by atoms with Gasteiger partial charge in [-0.25, -0.2) is 10.4 Å². The number of nitrogens with one attached hydrogen (secondary N) is 1. The second kappa shape index (κ2) is 5.16. The normalized spacial score (nSPS) is 21.3. The van der Waals surface area contributed by atoms with E-state index in [0.717, 1.165) is 13.1 Å². The molecular formula is C8H16N2O3. The van der Waals surface area contributed by atoms with Crippen LogP contribution < -0.4 is 5.43 Å². The van der Waals surface area contributed by atoms with Gasteiger partial charge in [-0.2, -0.15) is 0 Å². The summed E-state index contributed by atoms with van der Waals surface area (Å²) >= 11 is 0. The van der Waals surface area contributed by atoms with Crippen LogP contribution >= 0.6 is 0 Å². The van der Waals surface area contributed by atoms with Gasteiger partial charge in [0.25, 0.3) is 0 Å². The van der Waals surface area contributed by atoms with E-state index in [1.807, 2.05) is 11.9 Å². The average Bonchev–Trinajstić information content (AvgIpc) is 2.15. The number of hydrogen-bond donors (Lipinski definition) is 2. The van der Waals surface area contributed by atoms with Gasteiger partial charge in [-0.1, -0.05) is 6.92 Å². The fourth-order valence-electron chi connectivity index (χ4n) is 1.23. The lowest BCUT2D eigenvalue weighted by Crippen LogP contribution is -2.52. The number of hydrazine groups is 1. The van der Waals surface area contributed by atoms with Crippen molar-refractivity contribution in [3.05, 3.63) is 0 Å². The standard InChI is InChI=1S/C8H16N2O3/c1-2-7(8(11)12)9-10-3-5-13-6-4-10/h7,9H,2-6H2,1H3,(H,11,12). The van der Waals surface area contributed by atoms with Crippen LogP contribution in [0.15, 0.2) is 0 Å². The van der Waals surface area contributed by atoms with Gasteiger partial charge in [0, 0.05) is 13.1 Å². The molecule has 1 saturated heterocycles. The molecule has 1 atom stereocenters. The number of aliphatic carboxylic acids is 1. The summed E-state index contributed by atoms with van der Waals surface area (Å²) in [6.45, 7) is 4.70. The zero-order valence-electron chi connectivity index (χ0n) is 7.82. The molecule has 1 aliphatic heterocycles. The van der Waals surface area contributed by atoms with Crippen LogP contribution in [0.3, 0.4) is 0 Å². The zero-order chi connectivity index (χ0) is 9.68. The Kier molecular flexibility index (Phi) is 4.14. The van der Waals surface area contributed by atoms with Crippen LogP contribution in [-0.4, -0.2) is 48.4 Å². The first-order chi connectivity index (χ1) is 6.24. The first-order valence-corrected chi connectivity index (χ1v) is 4.55. The molecule has 0 aromatic rings. The molecule has 1 unspecified atom stereocenters. The third kappa shape index (κ3) is 3.30. The maximum Gasteiger partial charge on any atom is 0.322 e. The summed E-state index contributed by atoms with van der Waals surface area (Å²) in [4.78, 5) is 10.7. The summed E-state index contributed by atoms with van der Waals surface area (Å²) in [6, 6.07) is -0.474. The molecule has 0 radical (unpaired) electrons. The minimum Gasteiger partial charge on any atom is -0.480 e. The second-order valence-corrected chi connectivity index (χ2v) is 3.03. The molecule has 1 heterocycles. The van der Waals surface area contributed by atoms with E-state index < -0.39 is 12.0 Å². The van der Waals surface area contributed by atoms with Crippen LogP contribution in [0.5, 0.6) is 0 Å². The number of ether oxygens (including phenoxy) is 1. The Morgan fingerprint density at radius 1 is 1.62 bits per heavy atom. The fraction of sp³-hybridized carbons (Fsp3) is 0.875. The predicted octanol–water partition coefficient (Wildman–Crippen LogP) is -0.314. The molecule has 0 aromatic heterocycles. The minimum absolute atomic E-state index is 0.474. The molecule has 1 fully saturated rings. The zero-order valence-corrected chi connectivity index (χ0v) is 7.82. The van der Waals surface area contributed by atoms with Crippen molar-refractivity contribution in [1.82, 2.24) is 10.4 Å². The van der Waals surface area contributed by atoms with Gasteiger partial charge in [-0.3, -0.25) is 4.79 Å². The minimum atomic E-state index is -0.797. The summed E-state index contributed by atoms with van der Waals surface area (Å²) in [7, 11) is 0. The first kappa shape index (κ1) is 10.4. The van der Waals surface area contributed by atoms with Crippen LogP contribution in [0.2, 0.25) is 0 Å². The van der Waals surface area contributed by atoms with Crippen LogP contribution in [0.1, 0.15) is 13.3 Å². The van der Waals surface area contributed by atoms with Crippen molar-refractivity contribution in [2.45, 2.75) is 19.4 Å². The smallest absolute Gasteiger partial charge is 0.322 e. The molecular weight excluding hydrogens is 172 g/mol. The SMILES string of the molecule is CCC(NN1CCOCC1)C(=O)O. The van der Waals surface area contributed by atoms with E-state index in [0.29, 0.717) is 19.6 Å². The van der Waals surface area contributed by atoms with Crippen LogP contribution in [0, 0.1) is 0 Å². The third-order valence-corrected chi connectivity index (χ3v) is 2.06. The summed E-state index contributed by atoms with van der Waals surface area (Å²) in [5.74, 6) is -0.797. The molecule has 2 N–H and O–H groups in total. The molecule has 1 aliphatic rings. The number of carboxylic acid groups (broad SMARTS) is 1. The molecule has 76 valence electrons. The molecule has 1 rings (SSSR count). The first-order valence-electron chi connectivity index (χ1n) is 4.55. The van der Waals surface area contributed by atoms with E-state index >= 15 is 0 Å². The molecule has 0 bridgehead atoms. The van der Waals surface area contributed by atoms with E-state index in [-0.39, 0.29) is 0 Å². The number of carbonyl (C=O) groups is 1. The van der Waals surface area contributed by atoms with Gasteiger partial charge in [0.15, 0.2) is 0 Å². The third-order valence-electron chi connectivity index (χ3n) is 2.06. The number of morpholine rings is 1. The molecule has 5 nitrogen and oxygen atoms in total. The largest absolute Gasteiger partial charge is 0.480 e.